The molecule has 2 rings (SSSR count). The molecule has 4 heteroatoms. The van der Waals surface area contributed by atoms with Crippen molar-refractivity contribution in [2.75, 3.05) is 14.2 Å². The van der Waals surface area contributed by atoms with Crippen LogP contribution in [-0.4, -0.2) is 19.2 Å². The average Bonchev–Trinajstić information content (AvgIpc) is 2.87. The topological polar surface area (TPSA) is 31.4 Å². The fourth-order valence-electron chi connectivity index (χ4n) is 1.62. The van der Waals surface area contributed by atoms with Crippen molar-refractivity contribution in [2.24, 2.45) is 0 Å². The second kappa shape index (κ2) is 5.40. The molecule has 0 aliphatic heterocycles. The number of rotatable bonds is 4. The molecule has 0 spiro atoms. The lowest BCUT2D eigenvalue weighted by Crippen LogP contribution is -1.88. The quantitative estimate of drug-likeness (QED) is 0.837. The first-order valence-corrected chi connectivity index (χ1v) is 6.65. The van der Waals surface area contributed by atoms with Gasteiger partial charge >= 0.3 is 0 Å². The maximum absolute atomic E-state index is 5.27. The van der Waals surface area contributed by atoms with E-state index in [4.69, 9.17) is 9.47 Å². The number of thiazole rings is 1. The van der Waals surface area contributed by atoms with Crippen LogP contribution in [0.5, 0.6) is 11.5 Å². The minimum Gasteiger partial charge on any atom is -0.497 e. The standard InChI is InChI=1S/C14H17NO2S/c1-9(2)13-8-15-14(18-13)10-5-11(16-3)7-12(6-10)17-4/h5-9H,1-4H3. The third-order valence-electron chi connectivity index (χ3n) is 2.69. The predicted octanol–water partition coefficient (Wildman–Crippen LogP) is 3.95. The molecule has 1 aromatic heterocycles. The van der Waals surface area contributed by atoms with Crippen LogP contribution in [0.4, 0.5) is 0 Å². The van der Waals surface area contributed by atoms with Crippen LogP contribution in [0.3, 0.4) is 0 Å². The Morgan fingerprint density at radius 3 is 2.11 bits per heavy atom. The first kappa shape index (κ1) is 12.9. The molecule has 3 nitrogen and oxygen atoms in total. The molecule has 0 saturated carbocycles. The number of benzene rings is 1. The zero-order chi connectivity index (χ0) is 13.1. The van der Waals surface area contributed by atoms with Gasteiger partial charge in [-0.25, -0.2) is 4.98 Å². The fourth-order valence-corrected chi connectivity index (χ4v) is 2.52. The monoisotopic (exact) mass is 263 g/mol. The van der Waals surface area contributed by atoms with E-state index < -0.39 is 0 Å². The summed E-state index contributed by atoms with van der Waals surface area (Å²) in [5, 5.41) is 0.996. The number of methoxy groups -OCH3 is 2. The van der Waals surface area contributed by atoms with Crippen molar-refractivity contribution < 1.29 is 9.47 Å². The van der Waals surface area contributed by atoms with Gasteiger partial charge in [0.2, 0.25) is 0 Å². The molecule has 1 aromatic carbocycles. The third kappa shape index (κ3) is 2.64. The highest BCUT2D eigenvalue weighted by Crippen LogP contribution is 2.33. The van der Waals surface area contributed by atoms with Crippen molar-refractivity contribution in [1.82, 2.24) is 4.98 Å². The summed E-state index contributed by atoms with van der Waals surface area (Å²) in [7, 11) is 3.31. The summed E-state index contributed by atoms with van der Waals surface area (Å²) in [6.07, 6.45) is 1.94. The van der Waals surface area contributed by atoms with Crippen molar-refractivity contribution in [2.45, 2.75) is 19.8 Å². The summed E-state index contributed by atoms with van der Waals surface area (Å²) >= 11 is 1.71. The van der Waals surface area contributed by atoms with E-state index in [1.54, 1.807) is 25.6 Å². The summed E-state index contributed by atoms with van der Waals surface area (Å²) in [5.41, 5.74) is 1.03. The highest BCUT2D eigenvalue weighted by molar-refractivity contribution is 7.15. The molecule has 0 atom stereocenters. The second-order valence-corrected chi connectivity index (χ2v) is 5.39. The van der Waals surface area contributed by atoms with Gasteiger partial charge in [-0.2, -0.15) is 0 Å². The number of hydrogen-bond acceptors (Lipinski definition) is 4. The lowest BCUT2D eigenvalue weighted by Gasteiger charge is -2.06. The van der Waals surface area contributed by atoms with Gasteiger partial charge in [0.1, 0.15) is 16.5 Å². The predicted molar refractivity (Wildman–Crippen MR) is 74.7 cm³/mol. The Balaban J connectivity index is 2.42. The maximum Gasteiger partial charge on any atom is 0.123 e. The van der Waals surface area contributed by atoms with Gasteiger partial charge in [-0.3, -0.25) is 0 Å². The van der Waals surface area contributed by atoms with Gasteiger partial charge in [-0.1, -0.05) is 13.8 Å². The molecule has 0 saturated heterocycles. The van der Waals surface area contributed by atoms with Gasteiger partial charge in [0, 0.05) is 22.7 Å². The molecule has 1 heterocycles. The summed E-state index contributed by atoms with van der Waals surface area (Å²) in [6, 6.07) is 5.82. The van der Waals surface area contributed by atoms with Crippen molar-refractivity contribution in [3.8, 4) is 22.1 Å². The Morgan fingerprint density at radius 2 is 1.67 bits per heavy atom. The zero-order valence-electron chi connectivity index (χ0n) is 11.1. The second-order valence-electron chi connectivity index (χ2n) is 4.32. The van der Waals surface area contributed by atoms with Gasteiger partial charge in [-0.05, 0) is 18.1 Å². The van der Waals surface area contributed by atoms with Gasteiger partial charge in [-0.15, -0.1) is 11.3 Å². The summed E-state index contributed by atoms with van der Waals surface area (Å²) in [6.45, 7) is 4.34. The lowest BCUT2D eigenvalue weighted by atomic mass is 10.2. The van der Waals surface area contributed by atoms with E-state index in [1.165, 1.54) is 4.88 Å². The molecule has 0 unspecified atom stereocenters. The van der Waals surface area contributed by atoms with Crippen LogP contribution in [0.1, 0.15) is 24.6 Å². The molecule has 0 radical (unpaired) electrons. The molecule has 0 amide bonds. The van der Waals surface area contributed by atoms with Crippen LogP contribution in [-0.2, 0) is 0 Å². The van der Waals surface area contributed by atoms with Crippen LogP contribution < -0.4 is 9.47 Å². The van der Waals surface area contributed by atoms with Crippen molar-refractivity contribution in [3.05, 3.63) is 29.3 Å². The normalized spacial score (nSPS) is 10.7. The number of ether oxygens (including phenoxy) is 2. The Hall–Kier alpha value is -1.55. The maximum atomic E-state index is 5.27. The zero-order valence-corrected chi connectivity index (χ0v) is 11.9. The molecule has 0 aliphatic carbocycles. The lowest BCUT2D eigenvalue weighted by molar-refractivity contribution is 0.394. The Bertz CT molecular complexity index is 512. The van der Waals surface area contributed by atoms with E-state index >= 15 is 0 Å². The molecule has 18 heavy (non-hydrogen) atoms. The highest BCUT2D eigenvalue weighted by atomic mass is 32.1. The Kier molecular flexibility index (Phi) is 3.87. The molecule has 96 valence electrons. The van der Waals surface area contributed by atoms with Crippen molar-refractivity contribution >= 4 is 11.3 Å². The number of aromatic nitrogens is 1. The van der Waals surface area contributed by atoms with E-state index in [2.05, 4.69) is 18.8 Å². The Labute approximate surface area is 111 Å². The van der Waals surface area contributed by atoms with Gasteiger partial charge in [0.15, 0.2) is 0 Å². The van der Waals surface area contributed by atoms with Crippen LogP contribution in [0.15, 0.2) is 24.4 Å². The summed E-state index contributed by atoms with van der Waals surface area (Å²) in [4.78, 5) is 5.75. The largest absolute Gasteiger partial charge is 0.497 e. The summed E-state index contributed by atoms with van der Waals surface area (Å²) < 4.78 is 10.5. The fraction of sp³-hybridized carbons (Fsp3) is 0.357. The van der Waals surface area contributed by atoms with Crippen molar-refractivity contribution in [3.63, 3.8) is 0 Å². The smallest absolute Gasteiger partial charge is 0.123 e. The van der Waals surface area contributed by atoms with E-state index in [-0.39, 0.29) is 0 Å². The van der Waals surface area contributed by atoms with E-state index in [1.807, 2.05) is 24.4 Å². The van der Waals surface area contributed by atoms with Crippen LogP contribution in [0.25, 0.3) is 10.6 Å². The number of nitrogens with zero attached hydrogens (tertiary/aromatic N) is 1. The molecule has 0 aliphatic rings. The first-order chi connectivity index (χ1) is 8.63. The number of hydrogen-bond donors (Lipinski definition) is 0. The first-order valence-electron chi connectivity index (χ1n) is 5.83. The minimum atomic E-state index is 0.503. The van der Waals surface area contributed by atoms with Crippen LogP contribution in [0.2, 0.25) is 0 Å². The minimum absolute atomic E-state index is 0.503. The van der Waals surface area contributed by atoms with E-state index in [0.29, 0.717) is 5.92 Å². The molecule has 0 bridgehead atoms. The van der Waals surface area contributed by atoms with E-state index in [0.717, 1.165) is 22.1 Å². The molecule has 0 fully saturated rings. The van der Waals surface area contributed by atoms with E-state index in [9.17, 15) is 0 Å². The van der Waals surface area contributed by atoms with Gasteiger partial charge in [0.05, 0.1) is 14.2 Å². The van der Waals surface area contributed by atoms with Crippen molar-refractivity contribution in [1.29, 1.82) is 0 Å². The average molecular weight is 263 g/mol. The molecule has 0 N–H and O–H groups in total. The SMILES string of the molecule is COc1cc(OC)cc(-c2ncc(C(C)C)s2)c1. The van der Waals surface area contributed by atoms with Gasteiger partial charge in [0.25, 0.3) is 0 Å². The van der Waals surface area contributed by atoms with Crippen LogP contribution >= 0.6 is 11.3 Å². The third-order valence-corrected chi connectivity index (χ3v) is 4.04. The molecule has 2 aromatic rings. The highest BCUT2D eigenvalue weighted by Gasteiger charge is 2.10. The molecular formula is C14H17NO2S. The van der Waals surface area contributed by atoms with Crippen LogP contribution in [0, 0.1) is 0 Å². The molecular weight excluding hydrogens is 246 g/mol. The summed E-state index contributed by atoms with van der Waals surface area (Å²) in [5.74, 6) is 2.07. The Morgan fingerprint density at radius 1 is 1.06 bits per heavy atom. The van der Waals surface area contributed by atoms with Gasteiger partial charge < -0.3 is 9.47 Å².